The van der Waals surface area contributed by atoms with Crippen molar-refractivity contribution >= 4 is 17.6 Å². The van der Waals surface area contributed by atoms with Crippen LogP contribution in [-0.2, 0) is 0 Å². The number of anilines is 3. The average molecular weight is 243 g/mol. The van der Waals surface area contributed by atoms with Crippen LogP contribution in [0.4, 0.5) is 17.6 Å². The summed E-state index contributed by atoms with van der Waals surface area (Å²) in [6.07, 6.45) is 2.79. The van der Waals surface area contributed by atoms with E-state index < -0.39 is 0 Å². The van der Waals surface area contributed by atoms with Gasteiger partial charge >= 0.3 is 0 Å². The number of hydrogen-bond acceptors (Lipinski definition) is 5. The predicted octanol–water partition coefficient (Wildman–Crippen LogP) is 2.75. The second kappa shape index (κ2) is 5.95. The fourth-order valence-corrected chi connectivity index (χ4v) is 1.52. The van der Waals surface area contributed by atoms with Gasteiger partial charge in [-0.1, -0.05) is 13.0 Å². The minimum Gasteiger partial charge on any atom is -0.370 e. The number of rotatable bonds is 5. The molecular weight excluding hydrogens is 226 g/mol. The Labute approximate surface area is 107 Å². The van der Waals surface area contributed by atoms with E-state index >= 15 is 0 Å². The van der Waals surface area contributed by atoms with E-state index in [2.05, 4.69) is 32.5 Å². The molecule has 2 heterocycles. The SMILES string of the molecule is CCCNc1cc(C)nc(Nc2ccccn2)n1. The van der Waals surface area contributed by atoms with E-state index in [1.54, 1.807) is 6.20 Å². The molecule has 0 aromatic carbocycles. The maximum atomic E-state index is 4.39. The van der Waals surface area contributed by atoms with Gasteiger partial charge in [0.25, 0.3) is 0 Å². The molecule has 18 heavy (non-hydrogen) atoms. The molecule has 0 unspecified atom stereocenters. The van der Waals surface area contributed by atoms with Crippen LogP contribution < -0.4 is 10.6 Å². The molecule has 2 aromatic heterocycles. The monoisotopic (exact) mass is 243 g/mol. The Morgan fingerprint density at radius 1 is 1.17 bits per heavy atom. The molecule has 2 rings (SSSR count). The minimum atomic E-state index is 0.562. The van der Waals surface area contributed by atoms with Crippen LogP contribution >= 0.6 is 0 Å². The highest BCUT2D eigenvalue weighted by atomic mass is 15.2. The van der Waals surface area contributed by atoms with Crippen LogP contribution in [0.2, 0.25) is 0 Å². The van der Waals surface area contributed by atoms with E-state index in [4.69, 9.17) is 0 Å². The Kier molecular flexibility index (Phi) is 4.06. The van der Waals surface area contributed by atoms with Crippen LogP contribution in [0.5, 0.6) is 0 Å². The molecule has 0 aliphatic heterocycles. The molecule has 2 aromatic rings. The molecule has 0 saturated carbocycles. The number of aromatic nitrogens is 3. The summed E-state index contributed by atoms with van der Waals surface area (Å²) in [7, 11) is 0. The van der Waals surface area contributed by atoms with Gasteiger partial charge in [-0.3, -0.25) is 0 Å². The van der Waals surface area contributed by atoms with Crippen LogP contribution in [0.1, 0.15) is 19.0 Å². The van der Waals surface area contributed by atoms with E-state index in [9.17, 15) is 0 Å². The van der Waals surface area contributed by atoms with Crippen molar-refractivity contribution in [2.24, 2.45) is 0 Å². The number of nitrogens with zero attached hydrogens (tertiary/aromatic N) is 3. The summed E-state index contributed by atoms with van der Waals surface area (Å²) in [6, 6.07) is 7.60. The van der Waals surface area contributed by atoms with Crippen LogP contribution in [0.15, 0.2) is 30.5 Å². The molecule has 0 fully saturated rings. The molecule has 2 N–H and O–H groups in total. The maximum Gasteiger partial charge on any atom is 0.230 e. The van der Waals surface area contributed by atoms with Crippen LogP contribution in [-0.4, -0.2) is 21.5 Å². The van der Waals surface area contributed by atoms with Crippen molar-refractivity contribution in [1.82, 2.24) is 15.0 Å². The second-order valence-corrected chi connectivity index (χ2v) is 3.98. The Bertz CT molecular complexity index is 498. The minimum absolute atomic E-state index is 0.562. The molecule has 0 radical (unpaired) electrons. The maximum absolute atomic E-state index is 4.39. The van der Waals surface area contributed by atoms with E-state index in [1.807, 2.05) is 31.2 Å². The normalized spacial score (nSPS) is 10.1. The number of nitrogens with one attached hydrogen (secondary N) is 2. The molecule has 0 aliphatic rings. The Hall–Kier alpha value is -2.17. The summed E-state index contributed by atoms with van der Waals surface area (Å²) >= 11 is 0. The zero-order valence-electron chi connectivity index (χ0n) is 10.6. The van der Waals surface area contributed by atoms with Gasteiger partial charge in [0, 0.05) is 24.5 Å². The summed E-state index contributed by atoms with van der Waals surface area (Å²) < 4.78 is 0. The van der Waals surface area contributed by atoms with Crippen molar-refractivity contribution in [3.63, 3.8) is 0 Å². The zero-order valence-corrected chi connectivity index (χ0v) is 10.6. The third-order valence-corrected chi connectivity index (χ3v) is 2.32. The number of hydrogen-bond donors (Lipinski definition) is 2. The van der Waals surface area contributed by atoms with Crippen molar-refractivity contribution in [3.8, 4) is 0 Å². The van der Waals surface area contributed by atoms with Crippen molar-refractivity contribution in [2.45, 2.75) is 20.3 Å². The first-order chi connectivity index (χ1) is 8.78. The summed E-state index contributed by atoms with van der Waals surface area (Å²) in [6.45, 7) is 4.97. The van der Waals surface area contributed by atoms with Crippen molar-refractivity contribution < 1.29 is 0 Å². The van der Waals surface area contributed by atoms with Gasteiger partial charge < -0.3 is 10.6 Å². The Balaban J connectivity index is 2.15. The van der Waals surface area contributed by atoms with Crippen LogP contribution in [0.25, 0.3) is 0 Å². The van der Waals surface area contributed by atoms with E-state index in [1.165, 1.54) is 0 Å². The standard InChI is InChI=1S/C13H17N5/c1-3-7-14-12-9-10(2)16-13(18-12)17-11-6-4-5-8-15-11/h4-6,8-9H,3,7H2,1-2H3,(H2,14,15,16,17,18). The highest BCUT2D eigenvalue weighted by molar-refractivity contribution is 5.50. The lowest BCUT2D eigenvalue weighted by Crippen LogP contribution is -2.06. The summed E-state index contributed by atoms with van der Waals surface area (Å²) in [4.78, 5) is 12.9. The second-order valence-electron chi connectivity index (χ2n) is 3.98. The van der Waals surface area contributed by atoms with Crippen molar-refractivity contribution in [1.29, 1.82) is 0 Å². The van der Waals surface area contributed by atoms with Crippen LogP contribution in [0, 0.1) is 6.92 Å². The van der Waals surface area contributed by atoms with Gasteiger partial charge in [-0.15, -0.1) is 0 Å². The molecule has 0 saturated heterocycles. The smallest absolute Gasteiger partial charge is 0.230 e. The first kappa shape index (κ1) is 12.3. The van der Waals surface area contributed by atoms with Crippen molar-refractivity contribution in [2.75, 3.05) is 17.2 Å². The highest BCUT2D eigenvalue weighted by Gasteiger charge is 2.02. The molecule has 0 aliphatic carbocycles. The lowest BCUT2D eigenvalue weighted by molar-refractivity contribution is 0.962. The highest BCUT2D eigenvalue weighted by Crippen LogP contribution is 2.13. The van der Waals surface area contributed by atoms with E-state index in [-0.39, 0.29) is 0 Å². The van der Waals surface area contributed by atoms with E-state index in [0.717, 1.165) is 30.3 Å². The lowest BCUT2D eigenvalue weighted by atomic mass is 10.4. The van der Waals surface area contributed by atoms with Crippen molar-refractivity contribution in [3.05, 3.63) is 36.2 Å². The number of pyridine rings is 1. The van der Waals surface area contributed by atoms with Gasteiger partial charge in [0.2, 0.25) is 5.95 Å². The van der Waals surface area contributed by atoms with Gasteiger partial charge in [-0.2, -0.15) is 4.98 Å². The molecule has 0 amide bonds. The van der Waals surface area contributed by atoms with Gasteiger partial charge in [-0.05, 0) is 25.5 Å². The molecule has 0 spiro atoms. The topological polar surface area (TPSA) is 62.7 Å². The average Bonchev–Trinajstić information content (AvgIpc) is 2.37. The third-order valence-electron chi connectivity index (χ3n) is 2.32. The molecule has 5 nitrogen and oxygen atoms in total. The van der Waals surface area contributed by atoms with E-state index in [0.29, 0.717) is 5.95 Å². The van der Waals surface area contributed by atoms with Crippen LogP contribution in [0.3, 0.4) is 0 Å². The van der Waals surface area contributed by atoms with Gasteiger partial charge in [0.1, 0.15) is 11.6 Å². The first-order valence-corrected chi connectivity index (χ1v) is 6.05. The Morgan fingerprint density at radius 2 is 2.06 bits per heavy atom. The molecule has 0 atom stereocenters. The number of aryl methyl sites for hydroxylation is 1. The lowest BCUT2D eigenvalue weighted by Gasteiger charge is -2.08. The largest absolute Gasteiger partial charge is 0.370 e. The first-order valence-electron chi connectivity index (χ1n) is 6.05. The Morgan fingerprint density at radius 3 is 2.78 bits per heavy atom. The fraction of sp³-hybridized carbons (Fsp3) is 0.308. The van der Waals surface area contributed by atoms with Gasteiger partial charge in [0.15, 0.2) is 0 Å². The summed E-state index contributed by atoms with van der Waals surface area (Å²) in [5.41, 5.74) is 0.919. The quantitative estimate of drug-likeness (QED) is 0.845. The molecule has 94 valence electrons. The predicted molar refractivity (Wildman–Crippen MR) is 73.1 cm³/mol. The summed E-state index contributed by atoms with van der Waals surface area (Å²) in [5, 5.41) is 6.34. The third kappa shape index (κ3) is 3.41. The fourth-order valence-electron chi connectivity index (χ4n) is 1.52. The summed E-state index contributed by atoms with van der Waals surface area (Å²) in [5.74, 6) is 2.14. The zero-order chi connectivity index (χ0) is 12.8. The van der Waals surface area contributed by atoms with Gasteiger partial charge in [-0.25, -0.2) is 9.97 Å². The molecule has 5 heteroatoms. The molecular formula is C13H17N5. The molecule has 0 bridgehead atoms. The van der Waals surface area contributed by atoms with Gasteiger partial charge in [0.05, 0.1) is 0 Å².